The molecule has 1 aromatic rings. The molecule has 0 saturated carbocycles. The minimum atomic E-state index is -0.345. The van der Waals surface area contributed by atoms with E-state index in [-0.39, 0.29) is 12.0 Å². The van der Waals surface area contributed by atoms with Crippen molar-refractivity contribution in [2.45, 2.75) is 6.04 Å². The number of aromatic nitrogens is 1. The lowest BCUT2D eigenvalue weighted by atomic mass is 10.1. The number of hydrogen-bond donors (Lipinski definition) is 1. The highest BCUT2D eigenvalue weighted by molar-refractivity contribution is 5.78. The molecule has 1 aliphatic rings. The Hall–Kier alpha value is -1.42. The molecule has 1 saturated heterocycles. The highest BCUT2D eigenvalue weighted by Gasteiger charge is 2.24. The Morgan fingerprint density at radius 1 is 1.62 bits per heavy atom. The second-order valence-electron chi connectivity index (χ2n) is 2.84. The first kappa shape index (κ1) is 8.19. The fourth-order valence-electron chi connectivity index (χ4n) is 1.32. The Kier molecular flexibility index (Phi) is 2.23. The number of carbonyl (C=O) groups is 1. The smallest absolute Gasteiger partial charge is 0.327 e. The number of nitrogens with one attached hydrogen (secondary N) is 1. The van der Waals surface area contributed by atoms with Crippen molar-refractivity contribution >= 4 is 5.97 Å². The summed E-state index contributed by atoms with van der Waals surface area (Å²) in [5, 5.41) is 3.07. The zero-order chi connectivity index (χ0) is 9.10. The summed E-state index contributed by atoms with van der Waals surface area (Å²) in [5.41, 5.74) is 0.854. The Morgan fingerprint density at radius 2 is 2.54 bits per heavy atom. The first-order chi connectivity index (χ1) is 6.38. The van der Waals surface area contributed by atoms with Crippen molar-refractivity contribution in [3.63, 3.8) is 0 Å². The van der Waals surface area contributed by atoms with Crippen LogP contribution in [0.3, 0.4) is 0 Å². The molecule has 2 heterocycles. The van der Waals surface area contributed by atoms with Gasteiger partial charge in [-0.15, -0.1) is 0 Å². The zero-order valence-electron chi connectivity index (χ0n) is 7.06. The van der Waals surface area contributed by atoms with Crippen LogP contribution in [0.25, 0.3) is 0 Å². The molecule has 4 heteroatoms. The van der Waals surface area contributed by atoms with Crippen molar-refractivity contribution in [2.75, 3.05) is 13.2 Å². The van der Waals surface area contributed by atoms with E-state index in [0.717, 1.165) is 5.56 Å². The number of cyclic esters (lactones) is 1. The molecule has 0 amide bonds. The molecule has 1 aliphatic heterocycles. The molecule has 0 spiro atoms. The molecule has 1 N–H and O–H groups in total. The quantitative estimate of drug-likeness (QED) is 0.627. The van der Waals surface area contributed by atoms with Gasteiger partial charge >= 0.3 is 5.97 Å². The number of hydrogen-bond acceptors (Lipinski definition) is 4. The minimum Gasteiger partial charge on any atom is -0.463 e. The van der Waals surface area contributed by atoms with E-state index in [1.807, 2.05) is 6.07 Å². The van der Waals surface area contributed by atoms with Gasteiger partial charge in [-0.1, -0.05) is 6.07 Å². The molecule has 1 atom stereocenters. The molecule has 1 aromatic heterocycles. The van der Waals surface area contributed by atoms with Gasteiger partial charge in [0, 0.05) is 18.9 Å². The Balaban J connectivity index is 2.20. The maximum absolute atomic E-state index is 11.3. The third kappa shape index (κ3) is 1.67. The van der Waals surface area contributed by atoms with Gasteiger partial charge in [0.15, 0.2) is 0 Å². The molecular weight excluding hydrogens is 168 g/mol. The molecule has 13 heavy (non-hydrogen) atoms. The van der Waals surface area contributed by atoms with Gasteiger partial charge in [0.05, 0.1) is 0 Å². The van der Waals surface area contributed by atoms with Crippen LogP contribution in [0.1, 0.15) is 11.6 Å². The van der Waals surface area contributed by atoms with E-state index in [2.05, 4.69) is 10.3 Å². The van der Waals surface area contributed by atoms with E-state index in [9.17, 15) is 4.79 Å². The first-order valence-corrected chi connectivity index (χ1v) is 4.18. The van der Waals surface area contributed by atoms with Gasteiger partial charge in [0.25, 0.3) is 0 Å². The standard InChI is InChI=1S/C9H10N2O2/c12-9-8(11-4-5-13-9)7-2-1-3-10-6-7/h1-3,6,8,11H,4-5H2/t8-/m0/s1. The summed E-state index contributed by atoms with van der Waals surface area (Å²) in [6, 6.07) is 3.32. The summed E-state index contributed by atoms with van der Waals surface area (Å²) in [6.45, 7) is 1.15. The Labute approximate surface area is 75.9 Å². The molecular formula is C9H10N2O2. The number of morpholine rings is 1. The van der Waals surface area contributed by atoms with E-state index in [4.69, 9.17) is 4.74 Å². The second kappa shape index (κ2) is 3.53. The Bertz CT molecular complexity index is 300. The van der Waals surface area contributed by atoms with Crippen LogP contribution in [0.5, 0.6) is 0 Å². The lowest BCUT2D eigenvalue weighted by Crippen LogP contribution is -2.38. The van der Waals surface area contributed by atoms with Gasteiger partial charge in [-0.2, -0.15) is 0 Å². The van der Waals surface area contributed by atoms with Crippen LogP contribution >= 0.6 is 0 Å². The molecule has 4 nitrogen and oxygen atoms in total. The van der Waals surface area contributed by atoms with Crippen LogP contribution in [0.15, 0.2) is 24.5 Å². The van der Waals surface area contributed by atoms with Crippen LogP contribution < -0.4 is 5.32 Å². The average Bonchev–Trinajstić information content (AvgIpc) is 2.20. The summed E-state index contributed by atoms with van der Waals surface area (Å²) in [7, 11) is 0. The Morgan fingerprint density at radius 3 is 3.23 bits per heavy atom. The van der Waals surface area contributed by atoms with E-state index in [1.165, 1.54) is 0 Å². The highest BCUT2D eigenvalue weighted by Crippen LogP contribution is 2.14. The maximum atomic E-state index is 11.3. The normalized spacial score (nSPS) is 22.5. The summed E-state index contributed by atoms with van der Waals surface area (Å²) in [4.78, 5) is 15.2. The largest absolute Gasteiger partial charge is 0.463 e. The monoisotopic (exact) mass is 178 g/mol. The van der Waals surface area contributed by atoms with Gasteiger partial charge in [0.1, 0.15) is 12.6 Å². The fraction of sp³-hybridized carbons (Fsp3) is 0.333. The van der Waals surface area contributed by atoms with Crippen LogP contribution in [0.2, 0.25) is 0 Å². The van der Waals surface area contributed by atoms with E-state index in [0.29, 0.717) is 13.2 Å². The lowest BCUT2D eigenvalue weighted by Gasteiger charge is -2.22. The second-order valence-corrected chi connectivity index (χ2v) is 2.84. The predicted octanol–water partition coefficient (Wildman–Crippen LogP) is 0.269. The number of pyridine rings is 1. The molecule has 0 radical (unpaired) electrons. The minimum absolute atomic E-state index is 0.223. The summed E-state index contributed by atoms with van der Waals surface area (Å²) in [5.74, 6) is -0.223. The third-order valence-electron chi connectivity index (χ3n) is 1.95. The average molecular weight is 178 g/mol. The van der Waals surface area contributed by atoms with Crippen LogP contribution in [0, 0.1) is 0 Å². The van der Waals surface area contributed by atoms with Gasteiger partial charge in [0.2, 0.25) is 0 Å². The highest BCUT2D eigenvalue weighted by atomic mass is 16.5. The SMILES string of the molecule is O=C1OCCN[C@H]1c1cccnc1. The van der Waals surface area contributed by atoms with E-state index in [1.54, 1.807) is 18.5 Å². The maximum Gasteiger partial charge on any atom is 0.327 e. The topological polar surface area (TPSA) is 51.2 Å². The molecule has 0 unspecified atom stereocenters. The van der Waals surface area contributed by atoms with Crippen molar-refractivity contribution in [2.24, 2.45) is 0 Å². The van der Waals surface area contributed by atoms with Crippen molar-refractivity contribution in [3.05, 3.63) is 30.1 Å². The third-order valence-corrected chi connectivity index (χ3v) is 1.95. The number of esters is 1. The van der Waals surface area contributed by atoms with E-state index < -0.39 is 0 Å². The van der Waals surface area contributed by atoms with Gasteiger partial charge in [-0.3, -0.25) is 10.3 Å². The van der Waals surface area contributed by atoms with Crippen molar-refractivity contribution in [1.82, 2.24) is 10.3 Å². The first-order valence-electron chi connectivity index (χ1n) is 4.18. The van der Waals surface area contributed by atoms with Gasteiger partial charge in [-0.05, 0) is 11.6 Å². The molecule has 2 rings (SSSR count). The predicted molar refractivity (Wildman–Crippen MR) is 45.9 cm³/mol. The molecule has 0 bridgehead atoms. The number of carbonyl (C=O) groups excluding carboxylic acids is 1. The number of nitrogens with zero attached hydrogens (tertiary/aromatic N) is 1. The number of ether oxygens (including phenoxy) is 1. The van der Waals surface area contributed by atoms with Crippen molar-refractivity contribution < 1.29 is 9.53 Å². The molecule has 1 fully saturated rings. The van der Waals surface area contributed by atoms with Crippen LogP contribution in [-0.4, -0.2) is 24.1 Å². The molecule has 0 aliphatic carbocycles. The van der Waals surface area contributed by atoms with Crippen molar-refractivity contribution in [3.8, 4) is 0 Å². The molecule has 68 valence electrons. The van der Waals surface area contributed by atoms with E-state index >= 15 is 0 Å². The van der Waals surface area contributed by atoms with Gasteiger partial charge in [-0.25, -0.2) is 4.79 Å². The van der Waals surface area contributed by atoms with Crippen LogP contribution in [0.4, 0.5) is 0 Å². The summed E-state index contributed by atoms with van der Waals surface area (Å²) >= 11 is 0. The fourth-order valence-corrected chi connectivity index (χ4v) is 1.32. The van der Waals surface area contributed by atoms with Gasteiger partial charge < -0.3 is 4.74 Å². The zero-order valence-corrected chi connectivity index (χ0v) is 7.06. The summed E-state index contributed by atoms with van der Waals surface area (Å²) in [6.07, 6.45) is 3.35. The summed E-state index contributed by atoms with van der Waals surface area (Å²) < 4.78 is 4.92. The number of rotatable bonds is 1. The van der Waals surface area contributed by atoms with Crippen molar-refractivity contribution in [1.29, 1.82) is 0 Å². The van der Waals surface area contributed by atoms with Crippen LogP contribution in [-0.2, 0) is 9.53 Å². The molecule has 0 aromatic carbocycles. The lowest BCUT2D eigenvalue weighted by molar-refractivity contribution is -0.149.